The molecule has 2 N–H and O–H groups in total. The Balaban J connectivity index is 1.86. The maximum absolute atomic E-state index is 12.3. The van der Waals surface area contributed by atoms with Gasteiger partial charge in [-0.3, -0.25) is 4.79 Å². The summed E-state index contributed by atoms with van der Waals surface area (Å²) in [5.41, 5.74) is 0.346. The summed E-state index contributed by atoms with van der Waals surface area (Å²) in [7, 11) is 2.04. The second kappa shape index (κ2) is 5.13. The zero-order valence-electron chi connectivity index (χ0n) is 11.5. The van der Waals surface area contributed by atoms with Crippen LogP contribution < -0.4 is 5.32 Å². The van der Waals surface area contributed by atoms with Crippen molar-refractivity contribution in [1.29, 1.82) is 0 Å². The smallest absolute Gasteiger partial charge is 0.255 e. The third-order valence-electron chi connectivity index (χ3n) is 3.87. The number of amides is 1. The van der Waals surface area contributed by atoms with Gasteiger partial charge in [-0.1, -0.05) is 30.3 Å². The number of likely N-dealkylation sites (tertiary alicyclic amines) is 1. The number of nitrogens with zero attached hydrogens (tertiary/aromatic N) is 1. The Morgan fingerprint density at radius 1 is 1.30 bits per heavy atom. The highest BCUT2D eigenvalue weighted by Gasteiger charge is 2.23. The molecule has 1 fully saturated rings. The Kier molecular flexibility index (Phi) is 3.32. The van der Waals surface area contributed by atoms with E-state index in [0.29, 0.717) is 10.9 Å². The molecule has 0 saturated carbocycles. The van der Waals surface area contributed by atoms with E-state index in [1.807, 2.05) is 37.4 Å². The summed E-state index contributed by atoms with van der Waals surface area (Å²) in [6, 6.07) is 11.2. The lowest BCUT2D eigenvalue weighted by molar-refractivity contribution is 0.0936. The van der Waals surface area contributed by atoms with Crippen molar-refractivity contribution in [2.75, 3.05) is 20.1 Å². The van der Waals surface area contributed by atoms with Crippen LogP contribution in [0.4, 0.5) is 0 Å². The van der Waals surface area contributed by atoms with E-state index >= 15 is 0 Å². The Morgan fingerprint density at radius 3 is 2.85 bits per heavy atom. The number of carbonyl (C=O) groups excluding carboxylic acids is 1. The van der Waals surface area contributed by atoms with Gasteiger partial charge in [-0.15, -0.1) is 0 Å². The zero-order chi connectivity index (χ0) is 14.1. The van der Waals surface area contributed by atoms with Crippen molar-refractivity contribution in [2.45, 2.75) is 12.5 Å². The molecule has 0 radical (unpaired) electrons. The molecule has 2 aromatic rings. The molecule has 2 aromatic carbocycles. The van der Waals surface area contributed by atoms with Crippen LogP contribution >= 0.6 is 0 Å². The normalized spacial score (nSPS) is 19.4. The molecule has 1 aliphatic rings. The highest BCUT2D eigenvalue weighted by Crippen LogP contribution is 2.28. The van der Waals surface area contributed by atoms with E-state index in [0.717, 1.165) is 24.9 Å². The molecular weight excluding hydrogens is 252 g/mol. The third-order valence-corrected chi connectivity index (χ3v) is 3.87. The number of aromatic hydroxyl groups is 1. The standard InChI is InChI=1S/C16H18N2O2/c1-18-9-8-12(10-18)17-16(20)14-7-6-11-4-2-3-5-13(11)15(14)19/h2-7,12,19H,8-10H2,1H3,(H,17,20). The van der Waals surface area contributed by atoms with Crippen LogP contribution in [0.2, 0.25) is 0 Å². The van der Waals surface area contributed by atoms with Crippen LogP contribution in [-0.2, 0) is 0 Å². The summed E-state index contributed by atoms with van der Waals surface area (Å²) in [5, 5.41) is 14.9. The molecule has 1 aliphatic heterocycles. The summed E-state index contributed by atoms with van der Waals surface area (Å²) >= 11 is 0. The van der Waals surface area contributed by atoms with Crippen molar-refractivity contribution in [3.05, 3.63) is 42.0 Å². The molecule has 1 atom stereocenters. The fourth-order valence-corrected chi connectivity index (χ4v) is 2.75. The van der Waals surface area contributed by atoms with Gasteiger partial charge >= 0.3 is 0 Å². The first-order chi connectivity index (χ1) is 9.65. The lowest BCUT2D eigenvalue weighted by atomic mass is 10.0. The molecule has 0 aromatic heterocycles. The average Bonchev–Trinajstić information content (AvgIpc) is 2.84. The average molecular weight is 270 g/mol. The Morgan fingerprint density at radius 2 is 2.10 bits per heavy atom. The van der Waals surface area contributed by atoms with E-state index in [1.165, 1.54) is 0 Å². The topological polar surface area (TPSA) is 52.6 Å². The van der Waals surface area contributed by atoms with Crippen LogP contribution in [0.25, 0.3) is 10.8 Å². The van der Waals surface area contributed by atoms with Gasteiger partial charge in [-0.25, -0.2) is 0 Å². The molecule has 0 spiro atoms. The number of phenols is 1. The second-order valence-corrected chi connectivity index (χ2v) is 5.40. The number of fused-ring (bicyclic) bond motifs is 1. The molecule has 4 heteroatoms. The van der Waals surface area contributed by atoms with E-state index in [2.05, 4.69) is 10.2 Å². The lowest BCUT2D eigenvalue weighted by Gasteiger charge is -2.14. The summed E-state index contributed by atoms with van der Waals surface area (Å²) in [4.78, 5) is 14.5. The fourth-order valence-electron chi connectivity index (χ4n) is 2.75. The van der Waals surface area contributed by atoms with Crippen LogP contribution in [0.15, 0.2) is 36.4 Å². The summed E-state index contributed by atoms with van der Waals surface area (Å²) < 4.78 is 0. The Hall–Kier alpha value is -2.07. The molecule has 20 heavy (non-hydrogen) atoms. The summed E-state index contributed by atoms with van der Waals surface area (Å²) in [6.45, 7) is 1.86. The molecule has 1 unspecified atom stereocenters. The predicted molar refractivity (Wildman–Crippen MR) is 79.0 cm³/mol. The molecule has 4 nitrogen and oxygen atoms in total. The minimum Gasteiger partial charge on any atom is -0.506 e. The first kappa shape index (κ1) is 12.9. The van der Waals surface area contributed by atoms with Gasteiger partial charge in [0, 0.05) is 18.0 Å². The largest absolute Gasteiger partial charge is 0.506 e. The quantitative estimate of drug-likeness (QED) is 0.877. The van der Waals surface area contributed by atoms with Crippen molar-refractivity contribution in [3.63, 3.8) is 0 Å². The van der Waals surface area contributed by atoms with E-state index in [9.17, 15) is 9.90 Å². The van der Waals surface area contributed by atoms with E-state index in [4.69, 9.17) is 0 Å². The number of phenolic OH excluding ortho intramolecular Hbond substituents is 1. The highest BCUT2D eigenvalue weighted by molar-refractivity contribution is 6.03. The first-order valence-corrected chi connectivity index (χ1v) is 6.85. The highest BCUT2D eigenvalue weighted by atomic mass is 16.3. The monoisotopic (exact) mass is 270 g/mol. The Bertz CT molecular complexity index is 654. The molecule has 1 saturated heterocycles. The van der Waals surface area contributed by atoms with Crippen LogP contribution in [0.3, 0.4) is 0 Å². The van der Waals surface area contributed by atoms with E-state index < -0.39 is 0 Å². The van der Waals surface area contributed by atoms with Crippen LogP contribution in [0.1, 0.15) is 16.8 Å². The van der Waals surface area contributed by atoms with Gasteiger partial charge < -0.3 is 15.3 Å². The van der Waals surface area contributed by atoms with Crippen molar-refractivity contribution in [3.8, 4) is 5.75 Å². The summed E-state index contributed by atoms with van der Waals surface area (Å²) in [6.07, 6.45) is 0.955. The van der Waals surface area contributed by atoms with Gasteiger partial charge in [0.15, 0.2) is 0 Å². The fraction of sp³-hybridized carbons (Fsp3) is 0.312. The zero-order valence-corrected chi connectivity index (χ0v) is 11.5. The van der Waals surface area contributed by atoms with Crippen molar-refractivity contribution in [2.24, 2.45) is 0 Å². The molecule has 3 rings (SSSR count). The predicted octanol–water partition coefficient (Wildman–Crippen LogP) is 1.98. The van der Waals surface area contributed by atoms with Gasteiger partial charge in [0.1, 0.15) is 5.75 Å². The molecule has 0 aliphatic carbocycles. The second-order valence-electron chi connectivity index (χ2n) is 5.40. The van der Waals surface area contributed by atoms with Crippen LogP contribution in [0, 0.1) is 0 Å². The SMILES string of the molecule is CN1CCC(NC(=O)c2ccc3ccccc3c2O)C1. The minimum atomic E-state index is -0.200. The Labute approximate surface area is 118 Å². The van der Waals surface area contributed by atoms with E-state index in [1.54, 1.807) is 6.07 Å². The van der Waals surface area contributed by atoms with Gasteiger partial charge in [0.2, 0.25) is 0 Å². The molecular formula is C16H18N2O2. The van der Waals surface area contributed by atoms with E-state index in [-0.39, 0.29) is 17.7 Å². The molecule has 104 valence electrons. The van der Waals surface area contributed by atoms with Gasteiger partial charge in [-0.05, 0) is 31.5 Å². The molecule has 1 amide bonds. The van der Waals surface area contributed by atoms with Crippen LogP contribution in [-0.4, -0.2) is 42.1 Å². The van der Waals surface area contributed by atoms with Crippen molar-refractivity contribution in [1.82, 2.24) is 10.2 Å². The maximum atomic E-state index is 12.3. The van der Waals surface area contributed by atoms with Gasteiger partial charge in [-0.2, -0.15) is 0 Å². The number of benzene rings is 2. The minimum absolute atomic E-state index is 0.0620. The number of nitrogens with one attached hydrogen (secondary N) is 1. The van der Waals surface area contributed by atoms with Crippen molar-refractivity contribution >= 4 is 16.7 Å². The van der Waals surface area contributed by atoms with Gasteiger partial charge in [0.25, 0.3) is 5.91 Å². The third kappa shape index (κ3) is 2.34. The lowest BCUT2D eigenvalue weighted by Crippen LogP contribution is -2.36. The van der Waals surface area contributed by atoms with Gasteiger partial charge in [0.05, 0.1) is 5.56 Å². The molecule has 0 bridgehead atoms. The number of likely N-dealkylation sites (N-methyl/N-ethyl adjacent to an activating group) is 1. The number of hydrogen-bond donors (Lipinski definition) is 2. The molecule has 1 heterocycles. The number of hydrogen-bond acceptors (Lipinski definition) is 3. The first-order valence-electron chi connectivity index (χ1n) is 6.85. The number of rotatable bonds is 2. The number of carbonyl (C=O) groups is 1. The summed E-state index contributed by atoms with van der Waals surface area (Å²) in [5.74, 6) is -0.138. The van der Waals surface area contributed by atoms with Crippen molar-refractivity contribution < 1.29 is 9.90 Å². The van der Waals surface area contributed by atoms with Crippen LogP contribution in [0.5, 0.6) is 5.75 Å². The maximum Gasteiger partial charge on any atom is 0.255 e.